The van der Waals surface area contributed by atoms with E-state index in [0.29, 0.717) is 19.3 Å². The summed E-state index contributed by atoms with van der Waals surface area (Å²) in [6, 6.07) is -1.53. The number of carboxylic acid groups (broad SMARTS) is 1. The molecule has 1 unspecified atom stereocenters. The van der Waals surface area contributed by atoms with E-state index in [1.165, 1.54) is 96.3 Å². The van der Waals surface area contributed by atoms with E-state index in [1.807, 2.05) is 6.08 Å². The average molecular weight is 840 g/mol. The Hall–Kier alpha value is -2.56. The number of hydrogen-bond acceptors (Lipinski definition) is 9. The number of unbranched alkanes of at least 4 members (excludes halogenated alkanes) is 20. The number of phosphoric ester groups is 1. The highest BCUT2D eigenvalue weighted by atomic mass is 31.2. The molecule has 58 heavy (non-hydrogen) atoms. The van der Waals surface area contributed by atoms with Crippen molar-refractivity contribution < 1.29 is 47.5 Å². The second-order valence-corrected chi connectivity index (χ2v) is 16.6. The highest BCUT2D eigenvalue weighted by Crippen LogP contribution is 2.43. The Morgan fingerprint density at radius 1 is 0.534 bits per heavy atom. The largest absolute Gasteiger partial charge is 0.480 e. The third kappa shape index (κ3) is 40.2. The first-order valence-corrected chi connectivity index (χ1v) is 24.2. The van der Waals surface area contributed by atoms with Gasteiger partial charge in [0.05, 0.1) is 13.2 Å². The van der Waals surface area contributed by atoms with Crippen LogP contribution in [-0.2, 0) is 37.5 Å². The molecule has 0 spiro atoms. The number of carboxylic acids is 1. The Bertz CT molecular complexity index is 1170. The number of allylic oxidation sites excluding steroid dienone is 8. The first-order chi connectivity index (χ1) is 28.1. The van der Waals surface area contributed by atoms with Crippen molar-refractivity contribution >= 4 is 25.7 Å². The summed E-state index contributed by atoms with van der Waals surface area (Å²) in [6.07, 6.45) is 46.1. The zero-order valence-electron chi connectivity index (χ0n) is 36.4. The monoisotopic (exact) mass is 840 g/mol. The van der Waals surface area contributed by atoms with Crippen LogP contribution in [0.25, 0.3) is 0 Å². The summed E-state index contributed by atoms with van der Waals surface area (Å²) in [5.41, 5.74) is 5.33. The Morgan fingerprint density at radius 3 is 1.43 bits per heavy atom. The minimum Gasteiger partial charge on any atom is -0.480 e. The summed E-state index contributed by atoms with van der Waals surface area (Å²) in [5.74, 6) is -2.45. The number of carbonyl (C=O) groups is 3. The molecule has 336 valence electrons. The van der Waals surface area contributed by atoms with Crippen LogP contribution >= 0.6 is 7.82 Å². The van der Waals surface area contributed by atoms with Crippen molar-refractivity contribution in [3.63, 3.8) is 0 Å². The minimum absolute atomic E-state index is 0.0948. The minimum atomic E-state index is -4.73. The summed E-state index contributed by atoms with van der Waals surface area (Å²) >= 11 is 0. The molecule has 0 aliphatic heterocycles. The number of hydrogen-bond donors (Lipinski definition) is 3. The normalized spacial score (nSPS) is 14.1. The molecule has 12 heteroatoms. The third-order valence-corrected chi connectivity index (χ3v) is 10.5. The van der Waals surface area contributed by atoms with Gasteiger partial charge in [0.15, 0.2) is 6.10 Å². The number of rotatable bonds is 42. The molecule has 0 bridgehead atoms. The average Bonchev–Trinajstić information content (AvgIpc) is 3.20. The molecule has 0 aromatic heterocycles. The first kappa shape index (κ1) is 55.4. The fourth-order valence-electron chi connectivity index (χ4n) is 5.96. The van der Waals surface area contributed by atoms with Crippen LogP contribution < -0.4 is 5.73 Å². The van der Waals surface area contributed by atoms with Gasteiger partial charge in [-0.25, -0.2) is 4.57 Å². The number of aliphatic carboxylic acids is 1. The fourth-order valence-corrected chi connectivity index (χ4v) is 6.74. The molecule has 0 amide bonds. The van der Waals surface area contributed by atoms with Crippen LogP contribution in [0.5, 0.6) is 0 Å². The third-order valence-electron chi connectivity index (χ3n) is 9.55. The lowest BCUT2D eigenvalue weighted by atomic mass is 10.1. The summed E-state index contributed by atoms with van der Waals surface area (Å²) < 4.78 is 32.7. The molecule has 0 fully saturated rings. The molecule has 4 N–H and O–H groups in total. The Balaban J connectivity index is 4.41. The smallest absolute Gasteiger partial charge is 0.472 e. The molecular weight excluding hydrogens is 757 g/mol. The van der Waals surface area contributed by atoms with E-state index in [9.17, 15) is 23.8 Å². The van der Waals surface area contributed by atoms with Crippen LogP contribution in [0.1, 0.15) is 194 Å². The van der Waals surface area contributed by atoms with Gasteiger partial charge in [-0.1, -0.05) is 159 Å². The van der Waals surface area contributed by atoms with Gasteiger partial charge in [-0.2, -0.15) is 0 Å². The summed E-state index contributed by atoms with van der Waals surface area (Å²) in [6.45, 7) is 2.73. The van der Waals surface area contributed by atoms with Gasteiger partial charge in [-0.15, -0.1) is 0 Å². The van der Waals surface area contributed by atoms with Crippen LogP contribution in [0.3, 0.4) is 0 Å². The second-order valence-electron chi connectivity index (χ2n) is 15.2. The van der Waals surface area contributed by atoms with Gasteiger partial charge in [0, 0.05) is 12.8 Å². The van der Waals surface area contributed by atoms with Gasteiger partial charge in [0.2, 0.25) is 0 Å². The zero-order chi connectivity index (χ0) is 42.8. The van der Waals surface area contributed by atoms with Gasteiger partial charge in [-0.05, 0) is 70.6 Å². The van der Waals surface area contributed by atoms with E-state index < -0.39 is 51.1 Å². The Kier molecular flexibility index (Phi) is 39.4. The molecule has 3 atom stereocenters. The second kappa shape index (κ2) is 41.2. The Labute approximate surface area is 352 Å². The number of carbonyl (C=O) groups excluding carboxylic acids is 2. The van der Waals surface area contributed by atoms with Crippen molar-refractivity contribution in [2.45, 2.75) is 206 Å². The van der Waals surface area contributed by atoms with E-state index in [0.717, 1.165) is 51.4 Å². The highest BCUT2D eigenvalue weighted by molar-refractivity contribution is 7.47. The van der Waals surface area contributed by atoms with Gasteiger partial charge >= 0.3 is 25.7 Å². The Morgan fingerprint density at radius 2 is 0.931 bits per heavy atom. The molecule has 0 radical (unpaired) electrons. The van der Waals surface area contributed by atoms with E-state index in [4.69, 9.17) is 24.8 Å². The highest BCUT2D eigenvalue weighted by Gasteiger charge is 2.28. The van der Waals surface area contributed by atoms with Gasteiger partial charge in [0.25, 0.3) is 0 Å². The van der Waals surface area contributed by atoms with Crippen molar-refractivity contribution in [2.75, 3.05) is 19.8 Å². The maximum absolute atomic E-state index is 12.6. The summed E-state index contributed by atoms with van der Waals surface area (Å²) in [5, 5.41) is 8.89. The molecule has 0 saturated heterocycles. The van der Waals surface area contributed by atoms with E-state index in [-0.39, 0.29) is 19.4 Å². The van der Waals surface area contributed by atoms with Crippen LogP contribution in [0.2, 0.25) is 0 Å². The topological polar surface area (TPSA) is 172 Å². The standard InChI is InChI=1S/C46H82NO10P/c1-3-5-7-9-11-13-15-17-19-21-23-25-27-29-31-33-35-37-44(48)54-39-42(40-55-58(52,53)56-41-43(47)46(50)51)57-45(49)38-36-34-32-30-28-26-24-22-20-18-16-14-12-10-8-6-4-2/h11,13,17,19,24,26,30,32,42-43H,3-10,12,14-16,18,20-23,25,27-29,31,33-41,47H2,1-2H3,(H,50,51)(H,52,53)/b13-11+,19-17+,26-24+,32-30+/t42-,43+/m1/s1. The molecular formula is C46H82NO10P. The molecule has 0 aliphatic carbocycles. The molecule has 11 nitrogen and oxygen atoms in total. The molecule has 0 heterocycles. The number of ether oxygens (including phenoxy) is 2. The van der Waals surface area contributed by atoms with Crippen molar-refractivity contribution in [2.24, 2.45) is 5.73 Å². The molecule has 0 aromatic rings. The molecule has 0 aromatic carbocycles. The zero-order valence-corrected chi connectivity index (χ0v) is 37.3. The summed E-state index contributed by atoms with van der Waals surface area (Å²) in [7, 11) is -4.73. The number of phosphoric acid groups is 1. The van der Waals surface area contributed by atoms with Gasteiger partial charge in [0.1, 0.15) is 12.6 Å². The van der Waals surface area contributed by atoms with E-state index in [1.54, 1.807) is 0 Å². The van der Waals surface area contributed by atoms with Gasteiger partial charge in [-0.3, -0.25) is 23.4 Å². The predicted molar refractivity (Wildman–Crippen MR) is 235 cm³/mol. The van der Waals surface area contributed by atoms with Crippen LogP contribution in [-0.4, -0.2) is 59.9 Å². The van der Waals surface area contributed by atoms with E-state index >= 15 is 0 Å². The van der Waals surface area contributed by atoms with E-state index in [2.05, 4.69) is 60.9 Å². The van der Waals surface area contributed by atoms with Crippen molar-refractivity contribution in [1.82, 2.24) is 0 Å². The molecule has 0 aliphatic rings. The quantitative estimate of drug-likeness (QED) is 0.0231. The van der Waals surface area contributed by atoms with Crippen molar-refractivity contribution in [1.29, 1.82) is 0 Å². The SMILES string of the molecule is CCCCC/C=C/C/C=C/CCCCCCCCCC(=O)OC[C@H](COP(=O)(O)OC[C@H](N)C(=O)O)OC(=O)CCC/C=C/C/C=C/CCCCCCCCCCC. The van der Waals surface area contributed by atoms with Crippen molar-refractivity contribution in [3.05, 3.63) is 48.6 Å². The predicted octanol–water partition coefficient (Wildman–Crippen LogP) is 12.2. The lowest BCUT2D eigenvalue weighted by molar-refractivity contribution is -0.161. The lowest BCUT2D eigenvalue weighted by Gasteiger charge is -2.20. The van der Waals surface area contributed by atoms with Crippen molar-refractivity contribution in [3.8, 4) is 0 Å². The fraction of sp³-hybridized carbons (Fsp3) is 0.761. The lowest BCUT2D eigenvalue weighted by Crippen LogP contribution is -2.34. The van der Waals surface area contributed by atoms with Crippen LogP contribution in [0.4, 0.5) is 0 Å². The van der Waals surface area contributed by atoms with Crippen LogP contribution in [0, 0.1) is 0 Å². The summed E-state index contributed by atoms with van der Waals surface area (Å²) in [4.78, 5) is 46.0. The van der Waals surface area contributed by atoms with Gasteiger partial charge < -0.3 is 25.2 Å². The van der Waals surface area contributed by atoms with Crippen LogP contribution in [0.15, 0.2) is 48.6 Å². The molecule has 0 saturated carbocycles. The number of esters is 2. The maximum atomic E-state index is 12.6. The first-order valence-electron chi connectivity index (χ1n) is 22.7. The number of nitrogens with two attached hydrogens (primary N) is 1. The maximum Gasteiger partial charge on any atom is 0.472 e. The molecule has 0 rings (SSSR count).